The summed E-state index contributed by atoms with van der Waals surface area (Å²) in [6.07, 6.45) is -3.15. The Morgan fingerprint density at radius 3 is 2.35 bits per heavy atom. The normalized spacial score (nSPS) is 18.4. The summed E-state index contributed by atoms with van der Waals surface area (Å²) in [7, 11) is 0. The van der Waals surface area contributed by atoms with Gasteiger partial charge in [-0.3, -0.25) is 4.90 Å². The molecule has 0 amide bonds. The van der Waals surface area contributed by atoms with Crippen molar-refractivity contribution in [3.63, 3.8) is 0 Å². The van der Waals surface area contributed by atoms with Gasteiger partial charge in [-0.2, -0.15) is 13.2 Å². The molecular weight excluding hydrogens is 308 g/mol. The Bertz CT molecular complexity index is 508. The number of piperazine rings is 1. The first-order valence-electron chi connectivity index (χ1n) is 8.11. The van der Waals surface area contributed by atoms with Crippen LogP contribution in [0.25, 0.3) is 0 Å². The monoisotopic (exact) mass is 332 g/mol. The number of hydrogen-bond acceptors (Lipinski definition) is 2. The molecule has 1 aliphatic heterocycles. The summed E-state index contributed by atoms with van der Waals surface area (Å²) in [6, 6.07) is 3.32. The molecule has 1 fully saturated rings. The highest BCUT2D eigenvalue weighted by Crippen LogP contribution is 2.36. The SMILES string of the molecule is CC(C)CC[C@@H](c1cccc(C(F)(F)F)c1F)N1CCNCC1. The minimum atomic E-state index is -4.66. The van der Waals surface area contributed by atoms with Crippen LogP contribution in [0, 0.1) is 11.7 Å². The van der Waals surface area contributed by atoms with Gasteiger partial charge in [-0.25, -0.2) is 4.39 Å². The molecule has 1 aromatic carbocycles. The van der Waals surface area contributed by atoms with Gasteiger partial charge < -0.3 is 5.32 Å². The molecule has 0 aliphatic carbocycles. The van der Waals surface area contributed by atoms with E-state index in [1.54, 1.807) is 0 Å². The zero-order valence-electron chi connectivity index (χ0n) is 13.6. The van der Waals surface area contributed by atoms with Crippen LogP contribution >= 0.6 is 0 Å². The van der Waals surface area contributed by atoms with Gasteiger partial charge in [0, 0.05) is 37.8 Å². The van der Waals surface area contributed by atoms with Crippen LogP contribution in [0.5, 0.6) is 0 Å². The van der Waals surface area contributed by atoms with Crippen molar-refractivity contribution in [2.24, 2.45) is 5.92 Å². The molecule has 0 saturated carbocycles. The van der Waals surface area contributed by atoms with Gasteiger partial charge in [0.05, 0.1) is 5.56 Å². The second kappa shape index (κ2) is 7.62. The summed E-state index contributed by atoms with van der Waals surface area (Å²) >= 11 is 0. The average molecular weight is 332 g/mol. The van der Waals surface area contributed by atoms with Crippen LogP contribution in [-0.4, -0.2) is 31.1 Å². The zero-order chi connectivity index (χ0) is 17.0. The maximum Gasteiger partial charge on any atom is 0.419 e. The summed E-state index contributed by atoms with van der Waals surface area (Å²) in [4.78, 5) is 2.09. The third kappa shape index (κ3) is 4.67. The van der Waals surface area contributed by atoms with Gasteiger partial charge in [-0.1, -0.05) is 26.0 Å². The first-order valence-corrected chi connectivity index (χ1v) is 8.11. The number of halogens is 4. The third-order valence-electron chi connectivity index (χ3n) is 4.30. The van der Waals surface area contributed by atoms with Crippen molar-refractivity contribution >= 4 is 0 Å². The van der Waals surface area contributed by atoms with Crippen molar-refractivity contribution in [3.05, 3.63) is 35.1 Å². The molecule has 1 saturated heterocycles. The van der Waals surface area contributed by atoms with E-state index >= 15 is 0 Å². The number of benzene rings is 1. The van der Waals surface area contributed by atoms with Crippen LogP contribution in [0.4, 0.5) is 17.6 Å². The number of nitrogens with one attached hydrogen (secondary N) is 1. The molecule has 0 bridgehead atoms. The van der Waals surface area contributed by atoms with Crippen molar-refractivity contribution in [1.29, 1.82) is 0 Å². The van der Waals surface area contributed by atoms with Crippen LogP contribution in [0.15, 0.2) is 18.2 Å². The molecule has 0 radical (unpaired) electrons. The van der Waals surface area contributed by atoms with Crippen LogP contribution in [0.3, 0.4) is 0 Å². The van der Waals surface area contributed by atoms with E-state index in [2.05, 4.69) is 24.1 Å². The lowest BCUT2D eigenvalue weighted by atomic mass is 9.94. The molecule has 2 rings (SSSR count). The van der Waals surface area contributed by atoms with E-state index in [1.807, 2.05) is 0 Å². The standard InChI is InChI=1S/C17H24F4N2/c1-12(2)6-7-15(23-10-8-22-9-11-23)13-4-3-5-14(16(13)18)17(19,20)21/h3-5,12,15,22H,6-11H2,1-2H3/t15-/m0/s1. The van der Waals surface area contributed by atoms with Gasteiger partial charge in [0.2, 0.25) is 0 Å². The Morgan fingerprint density at radius 2 is 1.78 bits per heavy atom. The first kappa shape index (κ1) is 18.2. The van der Waals surface area contributed by atoms with Crippen LogP contribution < -0.4 is 5.32 Å². The second-order valence-corrected chi connectivity index (χ2v) is 6.48. The Hall–Kier alpha value is -1.14. The molecule has 1 aromatic rings. The summed E-state index contributed by atoms with van der Waals surface area (Å²) in [5.41, 5.74) is -0.998. The van der Waals surface area contributed by atoms with Crippen LogP contribution in [-0.2, 0) is 6.18 Å². The molecule has 1 N–H and O–H groups in total. The fourth-order valence-corrected chi connectivity index (χ4v) is 3.05. The van der Waals surface area contributed by atoms with Crippen molar-refractivity contribution in [1.82, 2.24) is 10.2 Å². The summed E-state index contributed by atoms with van der Waals surface area (Å²) in [6.45, 7) is 7.13. The van der Waals surface area contributed by atoms with E-state index in [4.69, 9.17) is 0 Å². The fraction of sp³-hybridized carbons (Fsp3) is 0.647. The second-order valence-electron chi connectivity index (χ2n) is 6.48. The van der Waals surface area contributed by atoms with Gasteiger partial charge >= 0.3 is 6.18 Å². The molecule has 0 aromatic heterocycles. The Labute approximate surface area is 134 Å². The lowest BCUT2D eigenvalue weighted by molar-refractivity contribution is -0.140. The molecule has 6 heteroatoms. The third-order valence-corrected chi connectivity index (χ3v) is 4.30. The van der Waals surface area contributed by atoms with E-state index in [1.165, 1.54) is 12.1 Å². The summed E-state index contributed by atoms with van der Waals surface area (Å²) in [5.74, 6) is -0.693. The quantitative estimate of drug-likeness (QED) is 0.812. The molecule has 2 nitrogen and oxygen atoms in total. The smallest absolute Gasteiger partial charge is 0.314 e. The molecule has 0 spiro atoms. The molecule has 130 valence electrons. The minimum Gasteiger partial charge on any atom is -0.314 e. The highest BCUT2D eigenvalue weighted by molar-refractivity contribution is 5.30. The van der Waals surface area contributed by atoms with E-state index in [9.17, 15) is 17.6 Å². The maximum atomic E-state index is 14.5. The molecule has 0 unspecified atom stereocenters. The number of rotatable bonds is 5. The van der Waals surface area contributed by atoms with E-state index in [-0.39, 0.29) is 11.6 Å². The predicted octanol–water partition coefficient (Wildman–Crippen LogP) is 4.23. The van der Waals surface area contributed by atoms with E-state index in [0.717, 1.165) is 38.7 Å². The molecular formula is C17H24F4N2. The van der Waals surface area contributed by atoms with Gasteiger partial charge in [0.1, 0.15) is 5.82 Å². The minimum absolute atomic E-state index is 0.169. The average Bonchev–Trinajstić information content (AvgIpc) is 2.48. The lowest BCUT2D eigenvalue weighted by Gasteiger charge is -2.36. The molecule has 1 aliphatic rings. The molecule has 1 atom stereocenters. The number of alkyl halides is 3. The van der Waals surface area contributed by atoms with Gasteiger partial charge in [-0.05, 0) is 24.8 Å². The maximum absolute atomic E-state index is 14.5. The predicted molar refractivity (Wildman–Crippen MR) is 82.7 cm³/mol. The first-order chi connectivity index (χ1) is 10.8. The van der Waals surface area contributed by atoms with Crippen molar-refractivity contribution in [2.45, 2.75) is 38.9 Å². The van der Waals surface area contributed by atoms with E-state index in [0.29, 0.717) is 12.3 Å². The van der Waals surface area contributed by atoms with Crippen molar-refractivity contribution in [3.8, 4) is 0 Å². The largest absolute Gasteiger partial charge is 0.419 e. The lowest BCUT2D eigenvalue weighted by Crippen LogP contribution is -2.45. The van der Waals surface area contributed by atoms with Gasteiger partial charge in [-0.15, -0.1) is 0 Å². The highest BCUT2D eigenvalue weighted by Gasteiger charge is 2.36. The topological polar surface area (TPSA) is 15.3 Å². The summed E-state index contributed by atoms with van der Waals surface area (Å²) in [5, 5.41) is 3.22. The highest BCUT2D eigenvalue weighted by atomic mass is 19.4. The Balaban J connectivity index is 2.34. The van der Waals surface area contributed by atoms with Crippen LogP contribution in [0.1, 0.15) is 43.9 Å². The molecule has 23 heavy (non-hydrogen) atoms. The summed E-state index contributed by atoms with van der Waals surface area (Å²) < 4.78 is 53.5. The van der Waals surface area contributed by atoms with Gasteiger partial charge in [0.25, 0.3) is 0 Å². The van der Waals surface area contributed by atoms with Crippen LogP contribution in [0.2, 0.25) is 0 Å². The van der Waals surface area contributed by atoms with E-state index < -0.39 is 17.6 Å². The van der Waals surface area contributed by atoms with Crippen molar-refractivity contribution in [2.75, 3.05) is 26.2 Å². The number of hydrogen-bond donors (Lipinski definition) is 1. The number of nitrogens with zero attached hydrogens (tertiary/aromatic N) is 1. The Kier molecular flexibility index (Phi) is 6.03. The Morgan fingerprint density at radius 1 is 1.13 bits per heavy atom. The zero-order valence-corrected chi connectivity index (χ0v) is 13.6. The van der Waals surface area contributed by atoms with Gasteiger partial charge in [0.15, 0.2) is 0 Å². The fourth-order valence-electron chi connectivity index (χ4n) is 3.05. The molecule has 1 heterocycles. The van der Waals surface area contributed by atoms with Crippen molar-refractivity contribution < 1.29 is 17.6 Å².